The van der Waals surface area contributed by atoms with Gasteiger partial charge in [0.25, 0.3) is 0 Å². The molecule has 0 saturated carbocycles. The summed E-state index contributed by atoms with van der Waals surface area (Å²) in [5.41, 5.74) is 2.77. The first kappa shape index (κ1) is 18.1. The summed E-state index contributed by atoms with van der Waals surface area (Å²) in [6.07, 6.45) is 3.39. The molecule has 2 heterocycles. The van der Waals surface area contributed by atoms with Gasteiger partial charge in [-0.05, 0) is 36.4 Å². The maximum Gasteiger partial charge on any atom is 0.147 e. The molecule has 0 fully saturated rings. The number of aromatic hydroxyl groups is 1. The topological polar surface area (TPSA) is 67.3 Å². The van der Waals surface area contributed by atoms with Crippen molar-refractivity contribution >= 4 is 28.2 Å². The Bertz CT molecular complexity index is 1120. The summed E-state index contributed by atoms with van der Waals surface area (Å²) in [6.45, 7) is 0. The van der Waals surface area contributed by atoms with Crippen molar-refractivity contribution in [2.24, 2.45) is 0 Å². The highest BCUT2D eigenvalue weighted by Crippen LogP contribution is 2.37. The van der Waals surface area contributed by atoms with E-state index in [1.54, 1.807) is 31.6 Å². The molecular formula is C22H18ClN3O2. The Morgan fingerprint density at radius 3 is 2.61 bits per heavy atom. The number of ether oxygens (including phenoxy) is 1. The van der Waals surface area contributed by atoms with E-state index >= 15 is 0 Å². The fourth-order valence-corrected chi connectivity index (χ4v) is 3.42. The molecule has 0 saturated heterocycles. The van der Waals surface area contributed by atoms with Gasteiger partial charge in [0, 0.05) is 29.0 Å². The van der Waals surface area contributed by atoms with Crippen LogP contribution in [0.15, 0.2) is 73.1 Å². The van der Waals surface area contributed by atoms with Crippen LogP contribution in [-0.2, 0) is 0 Å². The lowest BCUT2D eigenvalue weighted by atomic mass is 9.99. The summed E-state index contributed by atoms with van der Waals surface area (Å²) in [5.74, 6) is 0.722. The van der Waals surface area contributed by atoms with Crippen molar-refractivity contribution in [3.63, 3.8) is 0 Å². The zero-order valence-corrected chi connectivity index (χ0v) is 15.9. The van der Waals surface area contributed by atoms with Crippen LogP contribution >= 0.6 is 11.6 Å². The second-order valence-electron chi connectivity index (χ2n) is 6.26. The highest BCUT2D eigenvalue weighted by Gasteiger charge is 2.21. The van der Waals surface area contributed by atoms with Crippen LogP contribution in [0.4, 0.5) is 5.69 Å². The lowest BCUT2D eigenvalue weighted by molar-refractivity contribution is 0.415. The van der Waals surface area contributed by atoms with Crippen molar-refractivity contribution in [1.82, 2.24) is 9.97 Å². The van der Waals surface area contributed by atoms with Crippen LogP contribution in [0.25, 0.3) is 10.9 Å². The molecule has 2 aromatic carbocycles. The molecule has 0 aliphatic carbocycles. The van der Waals surface area contributed by atoms with Gasteiger partial charge in [-0.1, -0.05) is 35.9 Å². The molecule has 4 rings (SSSR count). The Morgan fingerprint density at radius 1 is 1.00 bits per heavy atom. The Morgan fingerprint density at radius 2 is 1.86 bits per heavy atom. The number of hydrogen-bond donors (Lipinski definition) is 2. The highest BCUT2D eigenvalue weighted by molar-refractivity contribution is 6.32. The first-order valence-electron chi connectivity index (χ1n) is 8.75. The van der Waals surface area contributed by atoms with Crippen LogP contribution in [-0.4, -0.2) is 22.2 Å². The van der Waals surface area contributed by atoms with Gasteiger partial charge >= 0.3 is 0 Å². The predicted molar refractivity (Wildman–Crippen MR) is 111 cm³/mol. The van der Waals surface area contributed by atoms with Crippen molar-refractivity contribution in [3.05, 3.63) is 89.3 Å². The monoisotopic (exact) mass is 391 g/mol. The number of halogens is 1. The van der Waals surface area contributed by atoms with Gasteiger partial charge < -0.3 is 15.2 Å². The highest BCUT2D eigenvalue weighted by atomic mass is 35.5. The third-order valence-electron chi connectivity index (χ3n) is 4.54. The number of benzene rings is 2. The largest absolute Gasteiger partial charge is 0.505 e. The number of rotatable bonds is 5. The number of phenolic OH excluding ortho intramolecular Hbond substituents is 1. The average Bonchev–Trinajstić information content (AvgIpc) is 2.74. The van der Waals surface area contributed by atoms with E-state index < -0.39 is 6.04 Å². The molecule has 2 aromatic heterocycles. The lowest BCUT2D eigenvalue weighted by Crippen LogP contribution is -2.14. The lowest BCUT2D eigenvalue weighted by Gasteiger charge is -2.22. The number of anilines is 1. The van der Waals surface area contributed by atoms with Gasteiger partial charge in [-0.3, -0.25) is 9.97 Å². The van der Waals surface area contributed by atoms with Crippen LogP contribution < -0.4 is 10.1 Å². The number of methoxy groups -OCH3 is 1. The predicted octanol–water partition coefficient (Wildman–Crippen LogP) is 5.20. The number of hydrogen-bond acceptors (Lipinski definition) is 5. The van der Waals surface area contributed by atoms with E-state index in [4.69, 9.17) is 16.3 Å². The first-order chi connectivity index (χ1) is 13.7. The van der Waals surface area contributed by atoms with Crippen LogP contribution in [0.3, 0.4) is 0 Å². The number of aromatic nitrogens is 2. The average molecular weight is 392 g/mol. The van der Waals surface area contributed by atoms with Crippen molar-refractivity contribution in [3.8, 4) is 11.5 Å². The van der Waals surface area contributed by atoms with Crippen LogP contribution in [0.5, 0.6) is 11.5 Å². The van der Waals surface area contributed by atoms with E-state index in [1.165, 1.54) is 0 Å². The van der Waals surface area contributed by atoms with Crippen LogP contribution in [0.2, 0.25) is 5.02 Å². The van der Waals surface area contributed by atoms with E-state index in [1.807, 2.05) is 48.5 Å². The number of phenols is 1. The molecule has 0 aliphatic rings. The number of fused-ring (bicyclic) bond motifs is 1. The second kappa shape index (κ2) is 7.74. The van der Waals surface area contributed by atoms with Gasteiger partial charge in [0.15, 0.2) is 0 Å². The molecule has 1 unspecified atom stereocenters. The molecule has 28 heavy (non-hydrogen) atoms. The second-order valence-corrected chi connectivity index (χ2v) is 6.67. The molecule has 0 aliphatic heterocycles. The van der Waals surface area contributed by atoms with Crippen LogP contribution in [0.1, 0.15) is 17.3 Å². The SMILES string of the molecule is COc1ccc(NC(c2ccccn2)c2ccc3cccnc3c2O)cc1Cl. The summed E-state index contributed by atoms with van der Waals surface area (Å²) >= 11 is 6.27. The molecule has 0 spiro atoms. The quantitative estimate of drug-likeness (QED) is 0.489. The molecule has 5 nitrogen and oxygen atoms in total. The summed E-state index contributed by atoms with van der Waals surface area (Å²) < 4.78 is 5.22. The molecule has 1 atom stereocenters. The smallest absolute Gasteiger partial charge is 0.147 e. The molecule has 140 valence electrons. The fraction of sp³-hybridized carbons (Fsp3) is 0.0909. The molecule has 2 N–H and O–H groups in total. The molecule has 0 amide bonds. The number of nitrogens with one attached hydrogen (secondary N) is 1. The third-order valence-corrected chi connectivity index (χ3v) is 4.83. The molecule has 4 aromatic rings. The minimum absolute atomic E-state index is 0.126. The Balaban J connectivity index is 1.81. The van der Waals surface area contributed by atoms with E-state index in [-0.39, 0.29) is 5.75 Å². The van der Waals surface area contributed by atoms with Crippen molar-refractivity contribution in [2.75, 3.05) is 12.4 Å². The van der Waals surface area contributed by atoms with Gasteiger partial charge in [-0.15, -0.1) is 0 Å². The Labute approximate surface area is 167 Å². The van der Waals surface area contributed by atoms with Gasteiger partial charge in [0.1, 0.15) is 17.0 Å². The maximum absolute atomic E-state index is 10.9. The molecular weight excluding hydrogens is 374 g/mol. The normalized spacial score (nSPS) is 11.9. The summed E-state index contributed by atoms with van der Waals surface area (Å²) in [7, 11) is 1.57. The Kier molecular flexibility index (Phi) is 5.00. The molecule has 6 heteroatoms. The standard InChI is InChI=1S/C22H18ClN3O2/c1-28-19-10-8-15(13-17(19)23)26-21(18-6-2-3-11-24-18)16-9-7-14-5-4-12-25-20(14)22(16)27/h2-13,21,26-27H,1H3. The first-order valence-corrected chi connectivity index (χ1v) is 9.13. The van der Waals surface area contributed by atoms with E-state index in [0.717, 1.165) is 16.8 Å². The summed E-state index contributed by atoms with van der Waals surface area (Å²) in [4.78, 5) is 8.80. The van der Waals surface area contributed by atoms with E-state index in [9.17, 15) is 5.11 Å². The minimum Gasteiger partial charge on any atom is -0.505 e. The van der Waals surface area contributed by atoms with Gasteiger partial charge in [0.2, 0.25) is 0 Å². The summed E-state index contributed by atoms with van der Waals surface area (Å²) in [5, 5.41) is 15.7. The third kappa shape index (κ3) is 3.44. The summed E-state index contributed by atoms with van der Waals surface area (Å²) in [6, 6.07) is 18.3. The van der Waals surface area contributed by atoms with Crippen molar-refractivity contribution in [1.29, 1.82) is 0 Å². The maximum atomic E-state index is 10.9. The van der Waals surface area contributed by atoms with E-state index in [2.05, 4.69) is 15.3 Å². The van der Waals surface area contributed by atoms with Crippen molar-refractivity contribution < 1.29 is 9.84 Å². The Hall–Kier alpha value is -3.31. The zero-order chi connectivity index (χ0) is 19.5. The van der Waals surface area contributed by atoms with E-state index in [0.29, 0.717) is 21.9 Å². The van der Waals surface area contributed by atoms with Gasteiger partial charge in [0.05, 0.1) is 23.9 Å². The molecule has 0 radical (unpaired) electrons. The minimum atomic E-state index is -0.392. The zero-order valence-electron chi connectivity index (χ0n) is 15.1. The number of pyridine rings is 2. The van der Waals surface area contributed by atoms with Gasteiger partial charge in [-0.2, -0.15) is 0 Å². The fourth-order valence-electron chi connectivity index (χ4n) is 3.16. The number of nitrogens with zero attached hydrogens (tertiary/aromatic N) is 2. The van der Waals surface area contributed by atoms with Gasteiger partial charge in [-0.25, -0.2) is 0 Å². The van der Waals surface area contributed by atoms with Crippen molar-refractivity contribution in [2.45, 2.75) is 6.04 Å². The molecule has 0 bridgehead atoms. The van der Waals surface area contributed by atoms with Crippen LogP contribution in [0, 0.1) is 0 Å².